The van der Waals surface area contributed by atoms with Crippen molar-refractivity contribution >= 4 is 29.2 Å². The van der Waals surface area contributed by atoms with E-state index in [4.69, 9.17) is 21.1 Å². The van der Waals surface area contributed by atoms with Crippen LogP contribution in [0.5, 0.6) is 11.5 Å². The number of aliphatic carboxylic acids is 1. The summed E-state index contributed by atoms with van der Waals surface area (Å²) in [6.07, 6.45) is 5.85. The summed E-state index contributed by atoms with van der Waals surface area (Å²) in [5, 5.41) is 11.1. The number of anilines is 1. The molecule has 0 bridgehead atoms. The molecule has 2 aliphatic heterocycles. The van der Waals surface area contributed by atoms with Gasteiger partial charge in [0.2, 0.25) is 0 Å². The largest absolute Gasteiger partial charge is 0.486 e. The van der Waals surface area contributed by atoms with Gasteiger partial charge in [-0.1, -0.05) is 61.2 Å². The van der Waals surface area contributed by atoms with E-state index in [1.54, 1.807) is 41.3 Å². The second-order valence-electron chi connectivity index (χ2n) is 9.97. The van der Waals surface area contributed by atoms with E-state index in [1.807, 2.05) is 24.3 Å². The summed E-state index contributed by atoms with van der Waals surface area (Å²) in [6, 6.07) is 17.3. The van der Waals surface area contributed by atoms with Crippen molar-refractivity contribution in [1.82, 2.24) is 0 Å². The fourth-order valence-electron chi connectivity index (χ4n) is 6.08. The lowest BCUT2D eigenvalue weighted by Gasteiger charge is -2.41. The molecular formula is C30H28ClNO5. The van der Waals surface area contributed by atoms with E-state index in [9.17, 15) is 14.7 Å². The second-order valence-corrected chi connectivity index (χ2v) is 10.4. The molecule has 3 aromatic carbocycles. The van der Waals surface area contributed by atoms with Crippen LogP contribution < -0.4 is 14.4 Å². The lowest BCUT2D eigenvalue weighted by atomic mass is 9.79. The first-order valence-corrected chi connectivity index (χ1v) is 13.2. The Bertz CT molecular complexity index is 1370. The first-order valence-electron chi connectivity index (χ1n) is 12.9. The van der Waals surface area contributed by atoms with Gasteiger partial charge in [-0.05, 0) is 65.8 Å². The van der Waals surface area contributed by atoms with E-state index >= 15 is 0 Å². The van der Waals surface area contributed by atoms with Crippen LogP contribution >= 0.6 is 11.6 Å². The van der Waals surface area contributed by atoms with Crippen LogP contribution in [0.4, 0.5) is 5.69 Å². The van der Waals surface area contributed by atoms with Crippen molar-refractivity contribution in [2.45, 2.75) is 50.0 Å². The van der Waals surface area contributed by atoms with Gasteiger partial charge >= 0.3 is 5.97 Å². The number of amides is 1. The summed E-state index contributed by atoms with van der Waals surface area (Å²) in [5.41, 5.74) is 3.22. The maximum absolute atomic E-state index is 14.0. The third kappa shape index (κ3) is 4.23. The Morgan fingerprint density at radius 1 is 0.892 bits per heavy atom. The number of halogens is 1. The van der Waals surface area contributed by atoms with Gasteiger partial charge in [0, 0.05) is 16.3 Å². The number of ether oxygens (including phenoxy) is 2. The number of fused-ring (bicyclic) bond motifs is 2. The van der Waals surface area contributed by atoms with Crippen LogP contribution in [0.25, 0.3) is 0 Å². The number of carboxylic acid groups (broad SMARTS) is 1. The summed E-state index contributed by atoms with van der Waals surface area (Å²) in [5.74, 6) is -0.674. The molecule has 2 atom stereocenters. The summed E-state index contributed by atoms with van der Waals surface area (Å²) in [6.45, 7) is 0.866. The molecule has 2 unspecified atom stereocenters. The van der Waals surface area contributed by atoms with Crippen molar-refractivity contribution in [2.24, 2.45) is 0 Å². The van der Waals surface area contributed by atoms with Crippen molar-refractivity contribution in [2.75, 3.05) is 18.1 Å². The molecule has 0 saturated heterocycles. The molecule has 0 spiro atoms. The van der Waals surface area contributed by atoms with Gasteiger partial charge in [-0.25, -0.2) is 0 Å². The topological polar surface area (TPSA) is 76.1 Å². The molecule has 6 rings (SSSR count). The van der Waals surface area contributed by atoms with Crippen LogP contribution in [-0.2, 0) is 4.79 Å². The summed E-state index contributed by atoms with van der Waals surface area (Å²) in [7, 11) is 0. The molecule has 1 aliphatic carbocycles. The minimum atomic E-state index is -1.00. The molecule has 190 valence electrons. The normalized spacial score (nSPS) is 21.4. The Morgan fingerprint density at radius 2 is 1.65 bits per heavy atom. The summed E-state index contributed by atoms with van der Waals surface area (Å²) >= 11 is 6.83. The van der Waals surface area contributed by atoms with Crippen molar-refractivity contribution in [3.05, 3.63) is 87.9 Å². The Hall–Kier alpha value is -3.51. The van der Waals surface area contributed by atoms with E-state index in [1.165, 1.54) is 19.3 Å². The van der Waals surface area contributed by atoms with Gasteiger partial charge in [-0.3, -0.25) is 14.5 Å². The monoisotopic (exact) mass is 517 g/mol. The zero-order valence-corrected chi connectivity index (χ0v) is 21.1. The molecule has 1 fully saturated rings. The van der Waals surface area contributed by atoms with Crippen molar-refractivity contribution in [3.63, 3.8) is 0 Å². The number of carbonyl (C=O) groups is 2. The van der Waals surface area contributed by atoms with Gasteiger partial charge in [0.05, 0.1) is 6.04 Å². The average Bonchev–Trinajstić information content (AvgIpc) is 2.93. The van der Waals surface area contributed by atoms with Crippen LogP contribution in [-0.4, -0.2) is 30.2 Å². The van der Waals surface area contributed by atoms with E-state index in [-0.39, 0.29) is 5.91 Å². The van der Waals surface area contributed by atoms with Crippen LogP contribution in [0.3, 0.4) is 0 Å². The highest BCUT2D eigenvalue weighted by molar-refractivity contribution is 6.32. The van der Waals surface area contributed by atoms with Crippen LogP contribution in [0.1, 0.15) is 77.0 Å². The van der Waals surface area contributed by atoms with Gasteiger partial charge in [0.15, 0.2) is 11.5 Å². The molecule has 3 aromatic rings. The summed E-state index contributed by atoms with van der Waals surface area (Å²) in [4.78, 5) is 28.4. The Balaban J connectivity index is 1.50. The number of hydrogen-bond acceptors (Lipinski definition) is 4. The highest BCUT2D eigenvalue weighted by atomic mass is 35.5. The molecular weight excluding hydrogens is 490 g/mol. The Labute approximate surface area is 220 Å². The Kier molecular flexibility index (Phi) is 6.29. The van der Waals surface area contributed by atoms with Gasteiger partial charge < -0.3 is 14.6 Å². The maximum atomic E-state index is 14.0. The fraction of sp³-hybridized carbons (Fsp3) is 0.333. The number of rotatable bonds is 4. The highest BCUT2D eigenvalue weighted by Gasteiger charge is 2.45. The lowest BCUT2D eigenvalue weighted by molar-refractivity contribution is -0.139. The lowest BCUT2D eigenvalue weighted by Crippen LogP contribution is -2.45. The van der Waals surface area contributed by atoms with Crippen molar-refractivity contribution in [1.29, 1.82) is 0 Å². The second kappa shape index (κ2) is 9.75. The summed E-state index contributed by atoms with van der Waals surface area (Å²) < 4.78 is 11.5. The number of benzene rings is 3. The van der Waals surface area contributed by atoms with Crippen LogP contribution in [0.15, 0.2) is 60.7 Å². The first-order chi connectivity index (χ1) is 18.0. The number of carboxylic acids is 1. The van der Waals surface area contributed by atoms with E-state index in [0.29, 0.717) is 58.0 Å². The fourth-order valence-corrected chi connectivity index (χ4v) is 6.41. The maximum Gasteiger partial charge on any atom is 0.313 e. The first kappa shape index (κ1) is 23.9. The van der Waals surface area contributed by atoms with Gasteiger partial charge in [0.25, 0.3) is 5.91 Å². The van der Waals surface area contributed by atoms with E-state index in [2.05, 4.69) is 0 Å². The molecule has 1 amide bonds. The molecule has 2 heterocycles. The zero-order chi connectivity index (χ0) is 25.5. The third-order valence-electron chi connectivity index (χ3n) is 7.82. The van der Waals surface area contributed by atoms with E-state index < -0.39 is 17.9 Å². The number of carbonyl (C=O) groups excluding carboxylic acids is 1. The molecule has 1 saturated carbocycles. The average molecular weight is 518 g/mol. The molecule has 0 aromatic heterocycles. The van der Waals surface area contributed by atoms with E-state index in [0.717, 1.165) is 18.4 Å². The number of hydrogen-bond donors (Lipinski definition) is 1. The van der Waals surface area contributed by atoms with Crippen molar-refractivity contribution < 1.29 is 24.2 Å². The molecule has 3 aliphatic rings. The standard InChI is InChI=1S/C30H28ClNO5/c31-24-17-20(11-12-21(24)18-6-2-1-3-7-18)32-28(19-10-13-25-26(16-19)37-15-14-36-25)27(30(34)35)22-8-4-5-9-23(22)29(32)33/h4-5,8-13,16-18,27-28H,1-3,6-7,14-15H2,(H,34,35). The molecule has 1 N–H and O–H groups in total. The Morgan fingerprint density at radius 3 is 2.41 bits per heavy atom. The van der Waals surface area contributed by atoms with Crippen LogP contribution in [0, 0.1) is 0 Å². The van der Waals surface area contributed by atoms with Gasteiger partial charge in [0.1, 0.15) is 19.1 Å². The zero-order valence-electron chi connectivity index (χ0n) is 20.4. The highest BCUT2D eigenvalue weighted by Crippen LogP contribution is 2.48. The molecule has 0 radical (unpaired) electrons. The van der Waals surface area contributed by atoms with Gasteiger partial charge in [-0.2, -0.15) is 0 Å². The SMILES string of the molecule is O=C(O)C1c2ccccc2C(=O)N(c2ccc(C3CCCCC3)c(Cl)c2)C1c1ccc2c(c1)OCCO2. The van der Waals surface area contributed by atoms with Gasteiger partial charge in [-0.15, -0.1) is 0 Å². The van der Waals surface area contributed by atoms with Crippen LogP contribution in [0.2, 0.25) is 5.02 Å². The predicted octanol–water partition coefficient (Wildman–Crippen LogP) is 6.73. The van der Waals surface area contributed by atoms with Crippen molar-refractivity contribution in [3.8, 4) is 11.5 Å². The predicted molar refractivity (Wildman–Crippen MR) is 141 cm³/mol. The molecule has 6 nitrogen and oxygen atoms in total. The third-order valence-corrected chi connectivity index (χ3v) is 8.15. The smallest absolute Gasteiger partial charge is 0.313 e. The number of nitrogens with zero attached hydrogens (tertiary/aromatic N) is 1. The minimum absolute atomic E-state index is 0.255. The molecule has 7 heteroatoms. The minimum Gasteiger partial charge on any atom is -0.486 e. The quantitative estimate of drug-likeness (QED) is 0.415. The molecule has 37 heavy (non-hydrogen) atoms.